The van der Waals surface area contributed by atoms with Crippen LogP contribution in [0.15, 0.2) is 30.3 Å². The van der Waals surface area contributed by atoms with Crippen LogP contribution in [0.5, 0.6) is 0 Å². The van der Waals surface area contributed by atoms with Crippen LogP contribution in [0.2, 0.25) is 0 Å². The van der Waals surface area contributed by atoms with Crippen molar-refractivity contribution in [3.63, 3.8) is 0 Å². The minimum absolute atomic E-state index is 0.00810. The second-order valence-corrected chi connectivity index (χ2v) is 10.5. The Bertz CT molecular complexity index is 1200. The summed E-state index contributed by atoms with van der Waals surface area (Å²) >= 11 is 3.09. The molecular formula is C23H26N4O2S2. The number of aromatic nitrogens is 3. The first-order chi connectivity index (χ1) is 15.0. The Kier molecular flexibility index (Phi) is 5.54. The molecule has 6 nitrogen and oxygen atoms in total. The molecule has 0 unspecified atom stereocenters. The Balaban J connectivity index is 1.53. The highest BCUT2D eigenvalue weighted by Gasteiger charge is 2.29. The SMILES string of the molecule is Cc1nn(CC(C)C)c2sc(C(=O)N(C[C@@H]3CCCO3)c3nc4ccccc4s3)cc12. The average molecular weight is 455 g/mol. The molecule has 1 atom stereocenters. The van der Waals surface area contributed by atoms with Gasteiger partial charge in [-0.2, -0.15) is 5.10 Å². The van der Waals surface area contributed by atoms with Gasteiger partial charge in [-0.15, -0.1) is 11.3 Å². The van der Waals surface area contributed by atoms with Gasteiger partial charge in [0.1, 0.15) is 4.83 Å². The number of carbonyl (C=O) groups is 1. The molecule has 5 rings (SSSR count). The van der Waals surface area contributed by atoms with E-state index in [4.69, 9.17) is 9.72 Å². The molecule has 0 spiro atoms. The Morgan fingerprint density at radius 1 is 1.32 bits per heavy atom. The number of fused-ring (bicyclic) bond motifs is 2. The van der Waals surface area contributed by atoms with Crippen LogP contribution in [-0.4, -0.2) is 39.9 Å². The van der Waals surface area contributed by atoms with Gasteiger partial charge >= 0.3 is 0 Å². The highest BCUT2D eigenvalue weighted by molar-refractivity contribution is 7.23. The molecule has 4 aromatic rings. The Morgan fingerprint density at radius 2 is 2.16 bits per heavy atom. The van der Waals surface area contributed by atoms with Crippen molar-refractivity contribution in [1.29, 1.82) is 0 Å². The van der Waals surface area contributed by atoms with Crippen LogP contribution in [0.25, 0.3) is 20.4 Å². The summed E-state index contributed by atoms with van der Waals surface area (Å²) in [4.78, 5) is 22.1. The fraction of sp³-hybridized carbons (Fsp3) is 0.435. The first-order valence-corrected chi connectivity index (χ1v) is 12.4. The molecule has 1 aliphatic rings. The molecule has 162 valence electrons. The monoisotopic (exact) mass is 454 g/mol. The van der Waals surface area contributed by atoms with Gasteiger partial charge in [0.2, 0.25) is 0 Å². The average Bonchev–Trinajstić information content (AvgIpc) is 3.52. The Morgan fingerprint density at radius 3 is 2.90 bits per heavy atom. The van der Waals surface area contributed by atoms with Gasteiger partial charge in [0, 0.05) is 18.5 Å². The summed E-state index contributed by atoms with van der Waals surface area (Å²) in [6, 6.07) is 10.0. The van der Waals surface area contributed by atoms with Crippen LogP contribution < -0.4 is 4.90 Å². The number of nitrogens with zero attached hydrogens (tertiary/aromatic N) is 4. The third kappa shape index (κ3) is 4.00. The quantitative estimate of drug-likeness (QED) is 0.386. The molecule has 0 radical (unpaired) electrons. The van der Waals surface area contributed by atoms with Gasteiger partial charge < -0.3 is 4.74 Å². The van der Waals surface area contributed by atoms with E-state index in [1.807, 2.05) is 40.8 Å². The largest absolute Gasteiger partial charge is 0.376 e. The van der Waals surface area contributed by atoms with Crippen LogP contribution in [-0.2, 0) is 11.3 Å². The summed E-state index contributed by atoms with van der Waals surface area (Å²) < 4.78 is 8.99. The van der Waals surface area contributed by atoms with Crippen LogP contribution in [0, 0.1) is 12.8 Å². The summed E-state index contributed by atoms with van der Waals surface area (Å²) in [6.45, 7) is 8.51. The van der Waals surface area contributed by atoms with E-state index in [0.29, 0.717) is 12.5 Å². The minimum Gasteiger partial charge on any atom is -0.376 e. The number of ether oxygens (including phenoxy) is 1. The zero-order valence-electron chi connectivity index (χ0n) is 18.0. The molecule has 0 bridgehead atoms. The lowest BCUT2D eigenvalue weighted by Gasteiger charge is -2.22. The van der Waals surface area contributed by atoms with E-state index in [-0.39, 0.29) is 12.0 Å². The lowest BCUT2D eigenvalue weighted by Crippen LogP contribution is -2.37. The number of anilines is 1. The van der Waals surface area contributed by atoms with E-state index in [9.17, 15) is 4.79 Å². The highest BCUT2D eigenvalue weighted by Crippen LogP contribution is 2.34. The summed E-state index contributed by atoms with van der Waals surface area (Å²) in [6.07, 6.45) is 2.08. The van der Waals surface area contributed by atoms with Crippen molar-refractivity contribution in [3.8, 4) is 0 Å². The topological polar surface area (TPSA) is 60.2 Å². The second kappa shape index (κ2) is 8.33. The van der Waals surface area contributed by atoms with Crippen LogP contribution in [0.4, 0.5) is 5.13 Å². The van der Waals surface area contributed by atoms with Gasteiger partial charge in [-0.3, -0.25) is 14.4 Å². The molecule has 31 heavy (non-hydrogen) atoms. The molecule has 8 heteroatoms. The molecule has 1 amide bonds. The predicted molar refractivity (Wildman–Crippen MR) is 127 cm³/mol. The van der Waals surface area contributed by atoms with Gasteiger partial charge in [-0.25, -0.2) is 4.98 Å². The highest BCUT2D eigenvalue weighted by atomic mass is 32.1. The number of hydrogen-bond donors (Lipinski definition) is 0. The number of rotatable bonds is 6. The standard InChI is InChI=1S/C23H26N4O2S2/c1-14(2)12-27-22-17(15(3)25-27)11-20(30-22)21(28)26(13-16-7-6-10-29-16)23-24-18-8-4-5-9-19(18)31-23/h4-5,8-9,11,14,16H,6-7,10,12-13H2,1-3H3/t16-/m0/s1. The maximum atomic E-state index is 13.7. The normalized spacial score (nSPS) is 16.7. The Labute approximate surface area is 189 Å². The van der Waals surface area contributed by atoms with Crippen molar-refractivity contribution in [2.45, 2.75) is 46.3 Å². The maximum Gasteiger partial charge on any atom is 0.270 e. The number of thiophene rings is 1. The molecule has 0 N–H and O–H groups in total. The molecule has 0 aliphatic carbocycles. The zero-order valence-corrected chi connectivity index (χ0v) is 19.6. The van der Waals surface area contributed by atoms with Crippen molar-refractivity contribution < 1.29 is 9.53 Å². The van der Waals surface area contributed by atoms with Crippen molar-refractivity contribution in [1.82, 2.24) is 14.8 Å². The van der Waals surface area contributed by atoms with Crippen LogP contribution in [0.1, 0.15) is 42.1 Å². The first-order valence-electron chi connectivity index (χ1n) is 10.8. The van der Waals surface area contributed by atoms with E-state index >= 15 is 0 Å². The van der Waals surface area contributed by atoms with E-state index < -0.39 is 0 Å². The molecular weight excluding hydrogens is 428 g/mol. The van der Waals surface area contributed by atoms with Crippen LogP contribution in [0.3, 0.4) is 0 Å². The third-order valence-corrected chi connectivity index (χ3v) is 7.72. The van der Waals surface area contributed by atoms with Gasteiger partial charge in [0.25, 0.3) is 5.91 Å². The van der Waals surface area contributed by atoms with E-state index in [1.165, 1.54) is 11.3 Å². The van der Waals surface area contributed by atoms with Gasteiger partial charge in [-0.05, 0) is 43.9 Å². The zero-order chi connectivity index (χ0) is 21.5. The molecule has 3 aromatic heterocycles. The molecule has 4 heterocycles. The summed E-state index contributed by atoms with van der Waals surface area (Å²) in [7, 11) is 0. The predicted octanol–water partition coefficient (Wildman–Crippen LogP) is 5.50. The number of para-hydroxylation sites is 1. The Hall–Kier alpha value is -2.29. The second-order valence-electron chi connectivity index (χ2n) is 8.51. The van der Waals surface area contributed by atoms with Gasteiger partial charge in [0.15, 0.2) is 5.13 Å². The lowest BCUT2D eigenvalue weighted by molar-refractivity contribution is 0.0921. The molecule has 1 aliphatic heterocycles. The number of benzene rings is 1. The fourth-order valence-corrected chi connectivity index (χ4v) is 6.13. The maximum absolute atomic E-state index is 13.7. The van der Waals surface area contributed by atoms with Crippen molar-refractivity contribution >= 4 is 54.1 Å². The molecule has 0 saturated carbocycles. The third-order valence-electron chi connectivity index (χ3n) is 5.53. The van der Waals surface area contributed by atoms with E-state index in [2.05, 4.69) is 25.0 Å². The van der Waals surface area contributed by atoms with Gasteiger partial charge in [0.05, 0.1) is 33.4 Å². The van der Waals surface area contributed by atoms with E-state index in [0.717, 1.165) is 62.1 Å². The number of thiazole rings is 1. The van der Waals surface area contributed by atoms with Crippen molar-refractivity contribution in [2.75, 3.05) is 18.1 Å². The van der Waals surface area contributed by atoms with Crippen molar-refractivity contribution in [2.24, 2.45) is 5.92 Å². The number of amides is 1. The van der Waals surface area contributed by atoms with Gasteiger partial charge in [-0.1, -0.05) is 37.3 Å². The molecule has 1 fully saturated rings. The molecule has 1 aromatic carbocycles. The first kappa shape index (κ1) is 20.6. The summed E-state index contributed by atoms with van der Waals surface area (Å²) in [5.74, 6) is 0.480. The van der Waals surface area contributed by atoms with Crippen molar-refractivity contribution in [3.05, 3.63) is 40.9 Å². The summed E-state index contributed by atoms with van der Waals surface area (Å²) in [5.41, 5.74) is 1.89. The van der Waals surface area contributed by atoms with E-state index in [1.54, 1.807) is 11.3 Å². The number of carbonyl (C=O) groups excluding carboxylic acids is 1. The smallest absolute Gasteiger partial charge is 0.270 e. The molecule has 1 saturated heterocycles. The fourth-order valence-electron chi connectivity index (χ4n) is 4.04. The minimum atomic E-state index is -0.00810. The number of aryl methyl sites for hydroxylation is 1. The number of hydrogen-bond acceptors (Lipinski definition) is 6. The summed E-state index contributed by atoms with van der Waals surface area (Å²) in [5, 5.41) is 6.48. The lowest BCUT2D eigenvalue weighted by atomic mass is 10.2. The van der Waals surface area contributed by atoms with Crippen LogP contribution >= 0.6 is 22.7 Å².